The fourth-order valence-electron chi connectivity index (χ4n) is 2.55. The Morgan fingerprint density at radius 3 is 2.22 bits per heavy atom. The Labute approximate surface area is 161 Å². The molecule has 0 aliphatic carbocycles. The first-order valence-corrected chi connectivity index (χ1v) is 9.16. The van der Waals surface area contributed by atoms with Crippen LogP contribution < -0.4 is 21.3 Å². The second-order valence-corrected chi connectivity index (χ2v) is 6.65. The molecule has 2 amide bonds. The lowest BCUT2D eigenvalue weighted by Gasteiger charge is -2.18. The van der Waals surface area contributed by atoms with E-state index in [-0.39, 0.29) is 18.1 Å². The van der Waals surface area contributed by atoms with Crippen molar-refractivity contribution in [2.24, 2.45) is 4.99 Å². The molecule has 0 aliphatic heterocycles. The molecule has 0 spiro atoms. The van der Waals surface area contributed by atoms with Gasteiger partial charge in [0.2, 0.25) is 0 Å². The number of hydrogen-bond acceptors (Lipinski definition) is 2. The molecule has 4 N–H and O–H groups in total. The average molecular weight is 367 g/mol. The Balaban J connectivity index is 1.85. The van der Waals surface area contributed by atoms with E-state index in [2.05, 4.69) is 45.3 Å². The van der Waals surface area contributed by atoms with Crippen LogP contribution in [0.3, 0.4) is 0 Å². The maximum absolute atomic E-state index is 11.7. The molecule has 144 valence electrons. The number of carbonyl (C=O) groups is 1. The van der Waals surface area contributed by atoms with Gasteiger partial charge in [0.15, 0.2) is 5.96 Å². The van der Waals surface area contributed by atoms with E-state index in [1.165, 1.54) is 5.56 Å². The molecule has 0 saturated carbocycles. The van der Waals surface area contributed by atoms with Gasteiger partial charge in [0, 0.05) is 25.3 Å². The molecule has 6 nitrogen and oxygen atoms in total. The molecule has 0 heterocycles. The number of urea groups is 1. The fraction of sp³-hybridized carbons (Fsp3) is 0.333. The SMILES string of the molecule is CN=C(NCc1ccc(NC(=O)NC(C)C)cc1)NC(C)c1ccccc1. The molecule has 0 aromatic heterocycles. The van der Waals surface area contributed by atoms with Gasteiger partial charge >= 0.3 is 6.03 Å². The van der Waals surface area contributed by atoms with Gasteiger partial charge in [0.25, 0.3) is 0 Å². The van der Waals surface area contributed by atoms with Crippen molar-refractivity contribution >= 4 is 17.7 Å². The number of nitrogens with one attached hydrogen (secondary N) is 4. The second kappa shape index (κ2) is 10.2. The van der Waals surface area contributed by atoms with E-state index in [1.807, 2.05) is 56.3 Å². The minimum atomic E-state index is -0.199. The number of anilines is 1. The molecule has 1 unspecified atom stereocenters. The molecule has 6 heteroatoms. The van der Waals surface area contributed by atoms with Crippen LogP contribution in [0.15, 0.2) is 59.6 Å². The van der Waals surface area contributed by atoms with Gasteiger partial charge in [-0.2, -0.15) is 0 Å². The van der Waals surface area contributed by atoms with Crippen LogP contribution in [-0.2, 0) is 6.54 Å². The third-order valence-electron chi connectivity index (χ3n) is 3.97. The average Bonchev–Trinajstić information content (AvgIpc) is 2.66. The van der Waals surface area contributed by atoms with Gasteiger partial charge in [-0.25, -0.2) is 4.79 Å². The Kier molecular flexibility index (Phi) is 7.67. The van der Waals surface area contributed by atoms with Crippen molar-refractivity contribution in [1.82, 2.24) is 16.0 Å². The zero-order valence-electron chi connectivity index (χ0n) is 16.4. The van der Waals surface area contributed by atoms with Gasteiger partial charge in [0.1, 0.15) is 0 Å². The van der Waals surface area contributed by atoms with Gasteiger partial charge in [-0.3, -0.25) is 4.99 Å². The number of hydrogen-bond donors (Lipinski definition) is 4. The normalized spacial score (nSPS) is 12.4. The van der Waals surface area contributed by atoms with Crippen molar-refractivity contribution in [2.45, 2.75) is 39.4 Å². The number of rotatable bonds is 6. The standard InChI is InChI=1S/C21H29N5O/c1-15(2)24-21(27)26-19-12-10-17(11-13-19)14-23-20(22-4)25-16(3)18-8-6-5-7-9-18/h5-13,15-16H,14H2,1-4H3,(H2,22,23,25)(H2,24,26,27). The molecule has 2 rings (SSSR count). The molecule has 2 aromatic carbocycles. The third-order valence-corrected chi connectivity index (χ3v) is 3.97. The number of carbonyl (C=O) groups excluding carboxylic acids is 1. The predicted octanol–water partition coefficient (Wildman–Crippen LogP) is 3.64. The van der Waals surface area contributed by atoms with E-state index >= 15 is 0 Å². The third kappa shape index (κ3) is 7.01. The Morgan fingerprint density at radius 2 is 1.63 bits per heavy atom. The van der Waals surface area contributed by atoms with E-state index < -0.39 is 0 Å². The molecule has 0 fully saturated rings. The monoisotopic (exact) mass is 367 g/mol. The van der Waals surface area contributed by atoms with Crippen molar-refractivity contribution < 1.29 is 4.79 Å². The lowest BCUT2D eigenvalue weighted by molar-refractivity contribution is 0.250. The zero-order valence-corrected chi connectivity index (χ0v) is 16.4. The quantitative estimate of drug-likeness (QED) is 0.465. The number of guanidine groups is 1. The van der Waals surface area contributed by atoms with Crippen LogP contribution in [0.1, 0.15) is 37.9 Å². The number of nitrogens with zero attached hydrogens (tertiary/aromatic N) is 1. The maximum atomic E-state index is 11.7. The van der Waals surface area contributed by atoms with Crippen LogP contribution >= 0.6 is 0 Å². The van der Waals surface area contributed by atoms with Crippen molar-refractivity contribution in [2.75, 3.05) is 12.4 Å². The zero-order chi connectivity index (χ0) is 19.6. The Hall–Kier alpha value is -3.02. The fourth-order valence-corrected chi connectivity index (χ4v) is 2.55. The highest BCUT2D eigenvalue weighted by atomic mass is 16.2. The van der Waals surface area contributed by atoms with Gasteiger partial charge in [0.05, 0.1) is 6.04 Å². The summed E-state index contributed by atoms with van der Waals surface area (Å²) in [5.41, 5.74) is 3.06. The highest BCUT2D eigenvalue weighted by Crippen LogP contribution is 2.11. The molecule has 2 aromatic rings. The van der Waals surface area contributed by atoms with Crippen molar-refractivity contribution in [3.05, 3.63) is 65.7 Å². The minimum absolute atomic E-state index is 0.103. The summed E-state index contributed by atoms with van der Waals surface area (Å²) < 4.78 is 0. The summed E-state index contributed by atoms with van der Waals surface area (Å²) in [4.78, 5) is 16.0. The lowest BCUT2D eigenvalue weighted by atomic mass is 10.1. The number of benzene rings is 2. The number of aliphatic imine (C=N–C) groups is 1. The summed E-state index contributed by atoms with van der Waals surface area (Å²) in [6.07, 6.45) is 0. The molecule has 0 bridgehead atoms. The molecular formula is C21H29N5O. The van der Waals surface area contributed by atoms with Crippen LogP contribution in [0.4, 0.5) is 10.5 Å². The Morgan fingerprint density at radius 1 is 0.963 bits per heavy atom. The van der Waals surface area contributed by atoms with Crippen molar-refractivity contribution in [1.29, 1.82) is 0 Å². The summed E-state index contributed by atoms with van der Waals surface area (Å²) in [6, 6.07) is 18.0. The molecule has 0 saturated heterocycles. The van der Waals surface area contributed by atoms with Crippen molar-refractivity contribution in [3.8, 4) is 0 Å². The van der Waals surface area contributed by atoms with Gasteiger partial charge in [-0.15, -0.1) is 0 Å². The predicted molar refractivity (Wildman–Crippen MR) is 112 cm³/mol. The molecule has 1 atom stereocenters. The summed E-state index contributed by atoms with van der Waals surface area (Å²) in [5.74, 6) is 0.741. The van der Waals surface area contributed by atoms with E-state index in [4.69, 9.17) is 0 Å². The Bertz CT molecular complexity index is 741. The van der Waals surface area contributed by atoms with Crippen molar-refractivity contribution in [3.63, 3.8) is 0 Å². The van der Waals surface area contributed by atoms with Crippen LogP contribution in [0.25, 0.3) is 0 Å². The first-order valence-electron chi connectivity index (χ1n) is 9.16. The van der Waals surface area contributed by atoms with Crippen LogP contribution in [-0.4, -0.2) is 25.1 Å². The first-order chi connectivity index (χ1) is 13.0. The van der Waals surface area contributed by atoms with E-state index in [1.54, 1.807) is 7.05 Å². The summed E-state index contributed by atoms with van der Waals surface area (Å²) in [6.45, 7) is 6.59. The van der Waals surface area contributed by atoms with Crippen LogP contribution in [0.5, 0.6) is 0 Å². The largest absolute Gasteiger partial charge is 0.352 e. The number of amides is 2. The molecule has 0 aliphatic rings. The minimum Gasteiger partial charge on any atom is -0.352 e. The van der Waals surface area contributed by atoms with Gasteiger partial charge < -0.3 is 21.3 Å². The van der Waals surface area contributed by atoms with E-state index in [9.17, 15) is 4.79 Å². The molecule has 27 heavy (non-hydrogen) atoms. The van der Waals surface area contributed by atoms with E-state index in [0.29, 0.717) is 6.54 Å². The van der Waals surface area contributed by atoms with Gasteiger partial charge in [-0.05, 0) is 44.0 Å². The summed E-state index contributed by atoms with van der Waals surface area (Å²) in [5, 5.41) is 12.3. The van der Waals surface area contributed by atoms with Crippen LogP contribution in [0.2, 0.25) is 0 Å². The van der Waals surface area contributed by atoms with E-state index in [0.717, 1.165) is 17.2 Å². The second-order valence-electron chi connectivity index (χ2n) is 6.65. The maximum Gasteiger partial charge on any atom is 0.319 e. The van der Waals surface area contributed by atoms with Gasteiger partial charge in [-0.1, -0.05) is 42.5 Å². The lowest BCUT2D eigenvalue weighted by Crippen LogP contribution is -2.38. The smallest absolute Gasteiger partial charge is 0.319 e. The highest BCUT2D eigenvalue weighted by molar-refractivity contribution is 5.89. The summed E-state index contributed by atoms with van der Waals surface area (Å²) >= 11 is 0. The topological polar surface area (TPSA) is 77.5 Å². The molecular weight excluding hydrogens is 338 g/mol. The summed E-state index contributed by atoms with van der Waals surface area (Å²) in [7, 11) is 1.76. The first kappa shape index (κ1) is 20.3. The highest BCUT2D eigenvalue weighted by Gasteiger charge is 2.07. The molecule has 0 radical (unpaired) electrons. The van der Waals surface area contributed by atoms with Crippen LogP contribution in [0, 0.1) is 0 Å².